The molecule has 0 spiro atoms. The van der Waals surface area contributed by atoms with Gasteiger partial charge >= 0.3 is 18.1 Å². The molecule has 0 unspecified atom stereocenters. The Bertz CT molecular complexity index is 525. The van der Waals surface area contributed by atoms with Gasteiger partial charge in [-0.05, 0) is 19.1 Å². The van der Waals surface area contributed by atoms with Crippen molar-refractivity contribution in [1.29, 1.82) is 0 Å². The number of benzene rings is 1. The van der Waals surface area contributed by atoms with Crippen molar-refractivity contribution in [3.05, 3.63) is 24.3 Å². The van der Waals surface area contributed by atoms with E-state index in [4.69, 9.17) is 14.2 Å². The van der Waals surface area contributed by atoms with Crippen LogP contribution in [0.5, 0.6) is 11.5 Å². The minimum Gasteiger partial charge on any atom is -0.424 e. The molecule has 2 rings (SSSR count). The van der Waals surface area contributed by atoms with Crippen LogP contribution in [0.25, 0.3) is 0 Å². The van der Waals surface area contributed by atoms with Gasteiger partial charge in [-0.25, -0.2) is 4.79 Å². The van der Waals surface area contributed by atoms with Gasteiger partial charge in [0.15, 0.2) is 11.5 Å². The van der Waals surface area contributed by atoms with Crippen LogP contribution in [0.2, 0.25) is 0 Å². The number of carbonyl (C=O) groups is 1. The molecule has 0 saturated heterocycles. The predicted molar refractivity (Wildman–Crippen MR) is 69.5 cm³/mol. The van der Waals surface area contributed by atoms with E-state index in [1.165, 1.54) is 31.4 Å². The van der Waals surface area contributed by atoms with Gasteiger partial charge in [-0.15, -0.1) is 0 Å². The summed E-state index contributed by atoms with van der Waals surface area (Å²) in [6, 6.07) is 4.05. The second-order valence-electron chi connectivity index (χ2n) is 4.72. The molecule has 1 aromatic rings. The maximum Gasteiger partial charge on any atom is 0.492 e. The van der Waals surface area contributed by atoms with E-state index in [1.54, 1.807) is 12.2 Å². The lowest BCUT2D eigenvalue weighted by Crippen LogP contribution is -2.66. The van der Waals surface area contributed by atoms with Gasteiger partial charge in [0, 0.05) is 7.11 Å². The van der Waals surface area contributed by atoms with Crippen LogP contribution in [0, 0.1) is 0 Å². The average molecular weight is 320 g/mol. The van der Waals surface area contributed by atoms with Crippen LogP contribution >= 0.6 is 0 Å². The van der Waals surface area contributed by atoms with Crippen molar-refractivity contribution in [3.63, 3.8) is 0 Å². The number of urea groups is 1. The van der Waals surface area contributed by atoms with Crippen LogP contribution in [0.4, 0.5) is 18.0 Å². The fourth-order valence-corrected chi connectivity index (χ4v) is 1.89. The molecule has 2 amide bonds. The average Bonchev–Trinajstić information content (AvgIpc) is 2.77. The predicted octanol–water partition coefficient (Wildman–Crippen LogP) is 2.01. The summed E-state index contributed by atoms with van der Waals surface area (Å²) in [5, 5.41) is 3.99. The number of para-hydroxylation sites is 2. The van der Waals surface area contributed by atoms with Gasteiger partial charge in [-0.1, -0.05) is 12.1 Å². The van der Waals surface area contributed by atoms with Crippen molar-refractivity contribution in [3.8, 4) is 11.5 Å². The number of nitrogens with one attached hydrogen (secondary N) is 2. The Hall–Kier alpha value is -2.16. The SMILES string of the molecule is COC[C@H](C)NC(=O)NC1(C(F)(F)F)Oc2ccccc2O1. The zero-order valence-electron chi connectivity index (χ0n) is 11.9. The summed E-state index contributed by atoms with van der Waals surface area (Å²) in [7, 11) is 1.41. The second-order valence-corrected chi connectivity index (χ2v) is 4.72. The fourth-order valence-electron chi connectivity index (χ4n) is 1.89. The number of alkyl halides is 3. The second kappa shape index (κ2) is 5.91. The molecular weight excluding hydrogens is 305 g/mol. The first-order valence-corrected chi connectivity index (χ1v) is 6.39. The van der Waals surface area contributed by atoms with E-state index < -0.39 is 24.2 Å². The summed E-state index contributed by atoms with van der Waals surface area (Å²) in [6.07, 6.45) is -4.98. The lowest BCUT2D eigenvalue weighted by Gasteiger charge is -2.30. The van der Waals surface area contributed by atoms with Crippen molar-refractivity contribution >= 4 is 6.03 Å². The van der Waals surface area contributed by atoms with Crippen LogP contribution in [-0.4, -0.2) is 37.9 Å². The van der Waals surface area contributed by atoms with Gasteiger partial charge in [-0.3, -0.25) is 5.32 Å². The molecule has 9 heteroatoms. The van der Waals surface area contributed by atoms with Crippen molar-refractivity contribution < 1.29 is 32.2 Å². The van der Waals surface area contributed by atoms with Crippen molar-refractivity contribution in [2.45, 2.75) is 25.1 Å². The van der Waals surface area contributed by atoms with E-state index in [0.717, 1.165) is 0 Å². The Morgan fingerprint density at radius 1 is 1.32 bits per heavy atom. The molecule has 0 aliphatic carbocycles. The number of methoxy groups -OCH3 is 1. The molecule has 1 heterocycles. The third-order valence-electron chi connectivity index (χ3n) is 2.80. The highest BCUT2D eigenvalue weighted by Crippen LogP contribution is 2.44. The number of ether oxygens (including phenoxy) is 3. The molecular formula is C13H15F3N2O4. The summed E-state index contributed by atoms with van der Waals surface area (Å²) in [6.45, 7) is 1.73. The lowest BCUT2D eigenvalue weighted by atomic mass is 10.3. The first-order chi connectivity index (χ1) is 10.3. The number of halogens is 3. The summed E-state index contributed by atoms with van der Waals surface area (Å²) < 4.78 is 54.4. The fraction of sp³-hybridized carbons (Fsp3) is 0.462. The van der Waals surface area contributed by atoms with E-state index >= 15 is 0 Å². The van der Waals surface area contributed by atoms with Crippen LogP contribution in [0.3, 0.4) is 0 Å². The van der Waals surface area contributed by atoms with Crippen molar-refractivity contribution in [2.24, 2.45) is 0 Å². The highest BCUT2D eigenvalue weighted by atomic mass is 19.4. The summed E-state index contributed by atoms with van der Waals surface area (Å²) >= 11 is 0. The minimum absolute atomic E-state index is 0.106. The first kappa shape index (κ1) is 16.2. The Balaban J connectivity index is 2.15. The summed E-state index contributed by atoms with van der Waals surface area (Å²) in [5.41, 5.74) is 0. The van der Waals surface area contributed by atoms with E-state index in [1.807, 2.05) is 0 Å². The third kappa shape index (κ3) is 3.19. The molecule has 1 atom stereocenters. The standard InChI is InChI=1S/C13H15F3N2O4/c1-8(7-20-2)17-11(19)18-13(12(14,15)16)21-9-5-3-4-6-10(9)22-13/h3-6,8H,7H2,1-2H3,(H2,17,18,19)/t8-/m0/s1. The van der Waals surface area contributed by atoms with Crippen molar-refractivity contribution in [1.82, 2.24) is 10.6 Å². The Kier molecular flexibility index (Phi) is 4.36. The van der Waals surface area contributed by atoms with Crippen molar-refractivity contribution in [2.75, 3.05) is 13.7 Å². The highest BCUT2D eigenvalue weighted by Gasteiger charge is 2.65. The molecule has 0 bridgehead atoms. The molecule has 0 saturated carbocycles. The molecule has 1 aliphatic heterocycles. The van der Waals surface area contributed by atoms with Crippen LogP contribution in [0.15, 0.2) is 24.3 Å². The maximum atomic E-state index is 13.3. The Labute approximate surface area is 124 Å². The number of hydrogen-bond donors (Lipinski definition) is 2. The number of amides is 2. The molecule has 122 valence electrons. The molecule has 22 heavy (non-hydrogen) atoms. The zero-order chi connectivity index (χ0) is 16.4. The van der Waals surface area contributed by atoms with Crippen LogP contribution in [-0.2, 0) is 4.74 Å². The topological polar surface area (TPSA) is 68.8 Å². The Morgan fingerprint density at radius 3 is 2.32 bits per heavy atom. The van der Waals surface area contributed by atoms with E-state index in [0.29, 0.717) is 0 Å². The normalized spacial score (nSPS) is 17.0. The number of carbonyl (C=O) groups excluding carboxylic acids is 1. The van der Waals surface area contributed by atoms with Gasteiger partial charge in [0.25, 0.3) is 0 Å². The number of hydrogen-bond acceptors (Lipinski definition) is 4. The monoisotopic (exact) mass is 320 g/mol. The maximum absolute atomic E-state index is 13.3. The molecule has 2 N–H and O–H groups in total. The number of rotatable bonds is 4. The van der Waals surface area contributed by atoms with Gasteiger partial charge in [-0.2, -0.15) is 13.2 Å². The van der Waals surface area contributed by atoms with Gasteiger partial charge in [0.05, 0.1) is 12.6 Å². The summed E-state index contributed by atoms with van der Waals surface area (Å²) in [4.78, 5) is 11.7. The van der Waals surface area contributed by atoms with Gasteiger partial charge in [0.2, 0.25) is 0 Å². The van der Waals surface area contributed by atoms with Crippen LogP contribution in [0.1, 0.15) is 6.92 Å². The van der Waals surface area contributed by atoms with Crippen LogP contribution < -0.4 is 20.1 Å². The lowest BCUT2D eigenvalue weighted by molar-refractivity contribution is -0.317. The first-order valence-electron chi connectivity index (χ1n) is 6.39. The van der Waals surface area contributed by atoms with E-state index in [-0.39, 0.29) is 18.1 Å². The smallest absolute Gasteiger partial charge is 0.424 e. The molecule has 1 aromatic carbocycles. The van der Waals surface area contributed by atoms with E-state index in [2.05, 4.69) is 5.32 Å². The number of fused-ring (bicyclic) bond motifs is 1. The molecule has 0 radical (unpaired) electrons. The quantitative estimate of drug-likeness (QED) is 0.890. The molecule has 0 aromatic heterocycles. The third-order valence-corrected chi connectivity index (χ3v) is 2.80. The molecule has 6 nitrogen and oxygen atoms in total. The van der Waals surface area contributed by atoms with E-state index in [9.17, 15) is 18.0 Å². The zero-order valence-corrected chi connectivity index (χ0v) is 11.9. The Morgan fingerprint density at radius 2 is 1.86 bits per heavy atom. The molecule has 1 aliphatic rings. The summed E-state index contributed by atoms with van der Waals surface area (Å²) in [5.74, 6) is -3.47. The van der Waals surface area contributed by atoms with Gasteiger partial charge in [0.1, 0.15) is 0 Å². The highest BCUT2D eigenvalue weighted by molar-refractivity contribution is 5.75. The molecule has 0 fully saturated rings. The van der Waals surface area contributed by atoms with Gasteiger partial charge < -0.3 is 19.5 Å². The minimum atomic E-state index is -4.98. The largest absolute Gasteiger partial charge is 0.492 e.